The summed E-state index contributed by atoms with van der Waals surface area (Å²) >= 11 is 0. The Balaban J connectivity index is 1.49. The molecule has 9 unspecified atom stereocenters. The summed E-state index contributed by atoms with van der Waals surface area (Å²) in [5, 5.41) is 60.7. The van der Waals surface area contributed by atoms with Crippen molar-refractivity contribution in [1.29, 1.82) is 0 Å². The van der Waals surface area contributed by atoms with Crippen molar-refractivity contribution in [3.8, 4) is 5.75 Å². The molecule has 5 rings (SSSR count). The highest BCUT2D eigenvalue weighted by Gasteiger charge is 2.60. The van der Waals surface area contributed by atoms with Gasteiger partial charge >= 0.3 is 11.9 Å². The predicted molar refractivity (Wildman–Crippen MR) is 126 cm³/mol. The first-order chi connectivity index (χ1) is 18.6. The number of aromatic hydroxyl groups is 1. The van der Waals surface area contributed by atoms with Gasteiger partial charge in [-0.25, -0.2) is 9.59 Å². The molecule has 1 fully saturated rings. The molecule has 13 nitrogen and oxygen atoms in total. The molecular formula is C26H28O13. The molecule has 3 heterocycles. The van der Waals surface area contributed by atoms with Gasteiger partial charge in [0.05, 0.1) is 37.0 Å². The molecular weight excluding hydrogens is 520 g/mol. The molecule has 1 aromatic carbocycles. The number of carbonyl (C=O) groups excluding carboxylic acids is 2. The Morgan fingerprint density at radius 1 is 1.10 bits per heavy atom. The zero-order chi connectivity index (χ0) is 28.1. The van der Waals surface area contributed by atoms with Crippen LogP contribution in [0.2, 0.25) is 0 Å². The molecule has 4 aliphatic rings. The van der Waals surface area contributed by atoms with Crippen LogP contribution in [0.4, 0.5) is 0 Å². The van der Waals surface area contributed by atoms with Crippen LogP contribution in [0.5, 0.6) is 5.75 Å². The number of hydrogen-bond donors (Lipinski definition) is 6. The summed E-state index contributed by atoms with van der Waals surface area (Å²) < 4.78 is 27.6. The van der Waals surface area contributed by atoms with Crippen molar-refractivity contribution >= 4 is 11.9 Å². The normalized spacial score (nSPS) is 37.9. The molecule has 39 heavy (non-hydrogen) atoms. The smallest absolute Gasteiger partial charge is 0.338 e. The topological polar surface area (TPSA) is 202 Å². The summed E-state index contributed by atoms with van der Waals surface area (Å²) in [4.78, 5) is 25.5. The first kappa shape index (κ1) is 27.3. The molecule has 0 amide bonds. The number of ether oxygens (including phenoxy) is 5. The van der Waals surface area contributed by atoms with Crippen molar-refractivity contribution in [1.82, 2.24) is 0 Å². The van der Waals surface area contributed by atoms with Crippen molar-refractivity contribution in [3.63, 3.8) is 0 Å². The summed E-state index contributed by atoms with van der Waals surface area (Å²) in [6.07, 6.45) is -5.05. The second-order valence-corrected chi connectivity index (χ2v) is 9.65. The molecule has 0 aromatic heterocycles. The van der Waals surface area contributed by atoms with E-state index in [1.807, 2.05) is 0 Å². The van der Waals surface area contributed by atoms with E-state index >= 15 is 0 Å². The van der Waals surface area contributed by atoms with Gasteiger partial charge in [0.2, 0.25) is 6.29 Å². The van der Waals surface area contributed by atoms with E-state index < -0.39 is 79.1 Å². The minimum atomic E-state index is -1.74. The fourth-order valence-corrected chi connectivity index (χ4v) is 5.30. The maximum Gasteiger partial charge on any atom is 0.338 e. The van der Waals surface area contributed by atoms with E-state index in [1.165, 1.54) is 43.5 Å². The van der Waals surface area contributed by atoms with Gasteiger partial charge < -0.3 is 54.3 Å². The van der Waals surface area contributed by atoms with Crippen molar-refractivity contribution in [2.45, 2.75) is 48.7 Å². The van der Waals surface area contributed by atoms with Crippen molar-refractivity contribution in [2.75, 3.05) is 13.7 Å². The first-order valence-corrected chi connectivity index (χ1v) is 12.1. The number of methoxy groups -OCH3 is 1. The lowest BCUT2D eigenvalue weighted by atomic mass is 9.78. The third-order valence-corrected chi connectivity index (χ3v) is 7.38. The Bertz CT molecular complexity index is 1200. The lowest BCUT2D eigenvalue weighted by Crippen LogP contribution is -2.60. The standard InChI is InChI=1S/C26H28O13/c1-35-22(33)15-10-36-24(38-25-21(32)20(31)19(30)16(9-27)37-25)17-13(15)6-7-26(17)8-14(23(34)39-26)18(29)11-2-4-12(28)5-3-11/h2-8,10,13,16-21,24-25,27-32H,9H2,1H3/t13?,16?,17?,18?,19?,20?,21?,24?,25?,26-/m1/s1. The molecule has 0 radical (unpaired) electrons. The van der Waals surface area contributed by atoms with E-state index in [-0.39, 0.29) is 16.9 Å². The molecule has 6 N–H and O–H groups in total. The Kier molecular flexibility index (Phi) is 7.24. The largest absolute Gasteiger partial charge is 0.508 e. The molecule has 210 valence electrons. The van der Waals surface area contributed by atoms with Gasteiger partial charge in [-0.15, -0.1) is 0 Å². The maximum atomic E-state index is 13.0. The maximum absolute atomic E-state index is 13.0. The molecule has 10 atom stereocenters. The highest BCUT2D eigenvalue weighted by atomic mass is 16.8. The summed E-state index contributed by atoms with van der Waals surface area (Å²) in [6.45, 7) is -0.681. The van der Waals surface area contributed by atoms with E-state index in [1.54, 1.807) is 6.08 Å². The van der Waals surface area contributed by atoms with Crippen LogP contribution in [-0.4, -0.2) is 98.9 Å². The summed E-state index contributed by atoms with van der Waals surface area (Å²) in [5.74, 6) is -3.34. The zero-order valence-corrected chi connectivity index (χ0v) is 20.6. The van der Waals surface area contributed by atoms with E-state index in [9.17, 15) is 40.2 Å². The molecule has 1 spiro atoms. The van der Waals surface area contributed by atoms with Gasteiger partial charge in [-0.1, -0.05) is 18.2 Å². The number of aliphatic hydroxyl groups is 5. The molecule has 1 aliphatic carbocycles. The summed E-state index contributed by atoms with van der Waals surface area (Å²) in [5.41, 5.74) is -1.27. The van der Waals surface area contributed by atoms with Crippen molar-refractivity contribution in [3.05, 3.63) is 65.5 Å². The highest BCUT2D eigenvalue weighted by Crippen LogP contribution is 2.51. The van der Waals surface area contributed by atoms with Gasteiger partial charge in [0.1, 0.15) is 36.3 Å². The average molecular weight is 548 g/mol. The highest BCUT2D eigenvalue weighted by molar-refractivity contribution is 5.94. The number of phenols is 1. The van der Waals surface area contributed by atoms with Crippen LogP contribution in [0, 0.1) is 11.8 Å². The third kappa shape index (κ3) is 4.61. The monoisotopic (exact) mass is 548 g/mol. The summed E-state index contributed by atoms with van der Waals surface area (Å²) in [7, 11) is 1.19. The number of rotatable bonds is 6. The van der Waals surface area contributed by atoms with Crippen LogP contribution in [-0.2, 0) is 33.3 Å². The lowest BCUT2D eigenvalue weighted by Gasteiger charge is -2.44. The minimum absolute atomic E-state index is 0.0263. The Morgan fingerprint density at radius 2 is 1.82 bits per heavy atom. The van der Waals surface area contributed by atoms with Crippen molar-refractivity contribution in [2.24, 2.45) is 11.8 Å². The predicted octanol–water partition coefficient (Wildman–Crippen LogP) is -1.32. The number of esters is 2. The van der Waals surface area contributed by atoms with E-state index in [0.29, 0.717) is 5.56 Å². The van der Waals surface area contributed by atoms with Gasteiger partial charge in [-0.05, 0) is 29.8 Å². The average Bonchev–Trinajstić information content (AvgIpc) is 3.48. The van der Waals surface area contributed by atoms with Gasteiger partial charge in [0, 0.05) is 5.92 Å². The van der Waals surface area contributed by atoms with Gasteiger partial charge in [0.25, 0.3) is 0 Å². The minimum Gasteiger partial charge on any atom is -0.508 e. The fraction of sp³-hybridized carbons (Fsp3) is 0.462. The van der Waals surface area contributed by atoms with E-state index in [0.717, 1.165) is 6.26 Å². The van der Waals surface area contributed by atoms with E-state index in [2.05, 4.69) is 0 Å². The fourth-order valence-electron chi connectivity index (χ4n) is 5.30. The number of phenolic OH excluding ortho intramolecular Hbond substituents is 1. The molecule has 13 heteroatoms. The molecule has 0 bridgehead atoms. The van der Waals surface area contributed by atoms with Crippen LogP contribution in [0.1, 0.15) is 11.7 Å². The van der Waals surface area contributed by atoms with Gasteiger partial charge in [0.15, 0.2) is 11.9 Å². The Labute approximate surface area is 221 Å². The van der Waals surface area contributed by atoms with Crippen LogP contribution in [0.25, 0.3) is 0 Å². The third-order valence-electron chi connectivity index (χ3n) is 7.38. The number of benzene rings is 1. The molecule has 0 saturated carbocycles. The van der Waals surface area contributed by atoms with Crippen LogP contribution in [0.3, 0.4) is 0 Å². The Hall–Kier alpha value is -3.30. The zero-order valence-electron chi connectivity index (χ0n) is 20.6. The van der Waals surface area contributed by atoms with Gasteiger partial charge in [-0.2, -0.15) is 0 Å². The second kappa shape index (κ2) is 10.4. The van der Waals surface area contributed by atoms with Gasteiger partial charge in [-0.3, -0.25) is 0 Å². The van der Waals surface area contributed by atoms with Crippen LogP contribution >= 0.6 is 0 Å². The number of fused-ring (bicyclic) bond motifs is 2. The van der Waals surface area contributed by atoms with Crippen LogP contribution < -0.4 is 0 Å². The molecule has 1 aromatic rings. The van der Waals surface area contributed by atoms with Crippen molar-refractivity contribution < 1.29 is 63.9 Å². The number of allylic oxidation sites excluding steroid dienone is 1. The lowest BCUT2D eigenvalue weighted by molar-refractivity contribution is -0.344. The Morgan fingerprint density at radius 3 is 2.49 bits per heavy atom. The first-order valence-electron chi connectivity index (χ1n) is 12.1. The second-order valence-electron chi connectivity index (χ2n) is 9.65. The quantitative estimate of drug-likeness (QED) is 0.181. The number of aliphatic hydroxyl groups excluding tert-OH is 5. The number of carbonyl (C=O) groups is 2. The summed E-state index contributed by atoms with van der Waals surface area (Å²) in [6, 6.07) is 5.60. The molecule has 3 aliphatic heterocycles. The van der Waals surface area contributed by atoms with Crippen LogP contribution in [0.15, 0.2) is 59.9 Å². The number of hydrogen-bond acceptors (Lipinski definition) is 13. The molecule has 1 saturated heterocycles. The SMILES string of the molecule is COC(=O)C1=COC(OC2OC(CO)C(O)C(O)C2O)C2C1C=C[C@@]21C=C(C(O)c2ccc(O)cc2)C(=O)O1. The van der Waals surface area contributed by atoms with E-state index in [4.69, 9.17) is 23.7 Å².